The van der Waals surface area contributed by atoms with E-state index in [4.69, 9.17) is 0 Å². The van der Waals surface area contributed by atoms with Gasteiger partial charge in [0.2, 0.25) is 0 Å². The van der Waals surface area contributed by atoms with Crippen molar-refractivity contribution in [3.05, 3.63) is 108 Å². The number of hydrogen-bond donors (Lipinski definition) is 0. The molecule has 0 radical (unpaired) electrons. The van der Waals surface area contributed by atoms with Crippen LogP contribution in [0.1, 0.15) is 35.7 Å². The van der Waals surface area contributed by atoms with Gasteiger partial charge in [-0.1, -0.05) is 78.9 Å². The molecule has 0 unspecified atom stereocenters. The number of benzene rings is 3. The van der Waals surface area contributed by atoms with Gasteiger partial charge < -0.3 is 0 Å². The van der Waals surface area contributed by atoms with E-state index in [-0.39, 0.29) is 18.0 Å². The summed E-state index contributed by atoms with van der Waals surface area (Å²) < 4.78 is 2.24. The van der Waals surface area contributed by atoms with Crippen molar-refractivity contribution in [1.29, 1.82) is 0 Å². The lowest BCUT2D eigenvalue weighted by atomic mass is 9.93. The zero-order chi connectivity index (χ0) is 18.8. The van der Waals surface area contributed by atoms with Crippen molar-refractivity contribution in [2.75, 3.05) is 7.05 Å². The minimum Gasteiger partial charge on any atom is -0.252 e. The van der Waals surface area contributed by atoms with Crippen molar-refractivity contribution < 1.29 is 9.37 Å². The lowest BCUT2D eigenvalue weighted by molar-refractivity contribution is -0.538. The number of amides is 1. The number of carbonyl (C=O) groups is 1. The molecule has 0 saturated heterocycles. The van der Waals surface area contributed by atoms with Crippen LogP contribution in [0.5, 0.6) is 0 Å². The summed E-state index contributed by atoms with van der Waals surface area (Å²) in [5, 5.41) is 0. The monoisotopic (exact) mass is 355 g/mol. The van der Waals surface area contributed by atoms with E-state index in [0.29, 0.717) is 0 Å². The summed E-state index contributed by atoms with van der Waals surface area (Å²) in [6, 6.07) is 30.9. The fraction of sp³-hybridized carbons (Fsp3) is 0.167. The van der Waals surface area contributed by atoms with Crippen LogP contribution in [0, 0.1) is 0 Å². The Labute approximate surface area is 160 Å². The molecule has 0 aliphatic carbocycles. The maximum atomic E-state index is 12.8. The molecular weight excluding hydrogens is 332 g/mol. The van der Waals surface area contributed by atoms with Gasteiger partial charge in [0, 0.05) is 18.1 Å². The molecule has 3 aromatic rings. The Kier molecular flexibility index (Phi) is 4.59. The molecule has 2 atom stereocenters. The summed E-state index contributed by atoms with van der Waals surface area (Å²) in [5.74, 6) is 0.999. The highest BCUT2D eigenvalue weighted by molar-refractivity contribution is 6.06. The smallest absolute Gasteiger partial charge is 0.252 e. The van der Waals surface area contributed by atoms with Crippen LogP contribution in [-0.4, -0.2) is 28.3 Å². The van der Waals surface area contributed by atoms with Gasteiger partial charge in [-0.2, -0.15) is 4.90 Å². The highest BCUT2D eigenvalue weighted by Crippen LogP contribution is 2.42. The minimum atomic E-state index is -0.0775. The molecule has 1 aliphatic heterocycles. The number of hydrogen-bond acceptors (Lipinski definition) is 1. The van der Waals surface area contributed by atoms with E-state index in [1.54, 1.807) is 6.92 Å². The Morgan fingerprint density at radius 1 is 0.778 bits per heavy atom. The second-order valence-corrected chi connectivity index (χ2v) is 6.90. The second-order valence-electron chi connectivity index (χ2n) is 6.90. The molecule has 0 N–H and O–H groups in total. The maximum Gasteiger partial charge on any atom is 0.307 e. The Morgan fingerprint density at radius 2 is 1.26 bits per heavy atom. The molecule has 3 heteroatoms. The number of nitrogens with zero attached hydrogens (tertiary/aromatic N) is 2. The molecular formula is C24H23N2O+. The largest absolute Gasteiger partial charge is 0.307 e. The predicted molar refractivity (Wildman–Crippen MR) is 108 cm³/mol. The molecule has 4 rings (SSSR count). The third-order valence-electron chi connectivity index (χ3n) is 5.21. The molecule has 1 aliphatic rings. The molecule has 0 saturated carbocycles. The highest BCUT2D eigenvalue weighted by Gasteiger charge is 2.50. The van der Waals surface area contributed by atoms with Crippen LogP contribution < -0.4 is 0 Å². The van der Waals surface area contributed by atoms with Gasteiger partial charge in [-0.05, 0) is 12.1 Å². The van der Waals surface area contributed by atoms with Crippen molar-refractivity contribution >= 4 is 11.7 Å². The zero-order valence-electron chi connectivity index (χ0n) is 15.6. The first-order valence-electron chi connectivity index (χ1n) is 9.23. The van der Waals surface area contributed by atoms with Crippen molar-refractivity contribution in [3.63, 3.8) is 0 Å². The first-order valence-corrected chi connectivity index (χ1v) is 9.23. The van der Waals surface area contributed by atoms with E-state index in [9.17, 15) is 4.79 Å². The fourth-order valence-corrected chi connectivity index (χ4v) is 4.10. The Balaban J connectivity index is 1.95. The predicted octanol–water partition coefficient (Wildman–Crippen LogP) is 4.42. The topological polar surface area (TPSA) is 23.3 Å². The van der Waals surface area contributed by atoms with Crippen LogP contribution in [-0.2, 0) is 4.79 Å². The van der Waals surface area contributed by atoms with Crippen molar-refractivity contribution in [3.8, 4) is 0 Å². The Morgan fingerprint density at radius 3 is 1.78 bits per heavy atom. The first kappa shape index (κ1) is 17.2. The molecule has 3 aromatic carbocycles. The summed E-state index contributed by atoms with van der Waals surface area (Å²) in [4.78, 5) is 14.8. The van der Waals surface area contributed by atoms with Gasteiger partial charge in [-0.3, -0.25) is 4.58 Å². The molecule has 1 heterocycles. The summed E-state index contributed by atoms with van der Waals surface area (Å²) in [5.41, 5.74) is 3.39. The standard InChI is InChI=1S/C24H23N2O/c1-18(27)26-23(20-14-8-4-9-15-20)22(19-12-6-3-7-13-19)25(2)24(26)21-16-10-5-11-17-21/h3-17,22-23H,1-2H3/q+1/t22-,23-/m1/s1. The van der Waals surface area contributed by atoms with Crippen molar-refractivity contribution in [1.82, 2.24) is 4.90 Å². The van der Waals surface area contributed by atoms with Crippen LogP contribution >= 0.6 is 0 Å². The number of rotatable bonds is 3. The average Bonchev–Trinajstić information content (AvgIpc) is 3.03. The molecule has 27 heavy (non-hydrogen) atoms. The van der Waals surface area contributed by atoms with Gasteiger partial charge in [-0.15, -0.1) is 0 Å². The molecule has 0 aromatic heterocycles. The van der Waals surface area contributed by atoms with E-state index in [1.807, 2.05) is 47.4 Å². The van der Waals surface area contributed by atoms with Crippen molar-refractivity contribution in [2.45, 2.75) is 19.0 Å². The van der Waals surface area contributed by atoms with Gasteiger partial charge in [-0.25, -0.2) is 4.79 Å². The maximum absolute atomic E-state index is 12.8. The second kappa shape index (κ2) is 7.20. The zero-order valence-corrected chi connectivity index (χ0v) is 15.6. The van der Waals surface area contributed by atoms with Crippen LogP contribution in [0.2, 0.25) is 0 Å². The molecule has 1 amide bonds. The van der Waals surface area contributed by atoms with Gasteiger partial charge in [0.25, 0.3) is 5.84 Å². The normalized spacial score (nSPS) is 19.4. The summed E-state index contributed by atoms with van der Waals surface area (Å²) in [7, 11) is 2.08. The molecule has 0 fully saturated rings. The van der Waals surface area contributed by atoms with Crippen molar-refractivity contribution in [2.24, 2.45) is 0 Å². The Hall–Kier alpha value is -3.20. The summed E-state index contributed by atoms with van der Waals surface area (Å²) in [6.45, 7) is 1.65. The SMILES string of the molecule is CC(=O)N1C(c2ccccc2)=[N+](C)[C@H](c2ccccc2)[C@H]1c1ccccc1. The quantitative estimate of drug-likeness (QED) is 0.638. The van der Waals surface area contributed by atoms with E-state index < -0.39 is 0 Å². The lowest BCUT2D eigenvalue weighted by Crippen LogP contribution is -2.36. The molecule has 0 spiro atoms. The van der Waals surface area contributed by atoms with Crippen LogP contribution in [0.4, 0.5) is 0 Å². The number of carbonyl (C=O) groups excluding carboxylic acids is 1. The third-order valence-corrected chi connectivity index (χ3v) is 5.21. The number of likely N-dealkylation sites (N-methyl/N-ethyl adjacent to an activating group) is 1. The average molecular weight is 355 g/mol. The van der Waals surface area contributed by atoms with Crippen LogP contribution in [0.15, 0.2) is 91.0 Å². The van der Waals surface area contributed by atoms with E-state index in [2.05, 4.69) is 60.2 Å². The fourth-order valence-electron chi connectivity index (χ4n) is 4.10. The van der Waals surface area contributed by atoms with Crippen LogP contribution in [0.3, 0.4) is 0 Å². The van der Waals surface area contributed by atoms with Gasteiger partial charge in [0.15, 0.2) is 12.1 Å². The van der Waals surface area contributed by atoms with Crippen LogP contribution in [0.25, 0.3) is 0 Å². The molecule has 0 bridgehead atoms. The highest BCUT2D eigenvalue weighted by atomic mass is 16.2. The van der Waals surface area contributed by atoms with Gasteiger partial charge >= 0.3 is 5.91 Å². The van der Waals surface area contributed by atoms with E-state index in [1.165, 1.54) is 5.56 Å². The van der Waals surface area contributed by atoms with Gasteiger partial charge in [0.05, 0.1) is 12.6 Å². The number of amidine groups is 1. The van der Waals surface area contributed by atoms with E-state index in [0.717, 1.165) is 17.0 Å². The third kappa shape index (κ3) is 3.06. The first-order chi connectivity index (χ1) is 13.2. The molecule has 3 nitrogen and oxygen atoms in total. The summed E-state index contributed by atoms with van der Waals surface area (Å²) >= 11 is 0. The Bertz CT molecular complexity index is 965. The molecule has 134 valence electrons. The minimum absolute atomic E-state index is 0.0488. The lowest BCUT2D eigenvalue weighted by Gasteiger charge is -2.22. The summed E-state index contributed by atoms with van der Waals surface area (Å²) in [6.07, 6.45) is 0. The van der Waals surface area contributed by atoms with E-state index >= 15 is 0 Å². The van der Waals surface area contributed by atoms with Gasteiger partial charge in [0.1, 0.15) is 0 Å².